The average Bonchev–Trinajstić information content (AvgIpc) is 3.23. The SMILES string of the molecule is Nc1nc2c(ncn2[C@H]2C[C@H](OP(=O)(O)OC[C@H](O)CO)[C@@H](CO)O2)c(=O)[nH]1. The van der Waals surface area contributed by atoms with Crippen LogP contribution in [-0.2, 0) is 18.3 Å². The van der Waals surface area contributed by atoms with Crippen LogP contribution in [0.15, 0.2) is 11.1 Å². The molecule has 0 saturated carbocycles. The van der Waals surface area contributed by atoms with E-state index in [0.29, 0.717) is 0 Å². The van der Waals surface area contributed by atoms with Crippen molar-refractivity contribution in [1.29, 1.82) is 0 Å². The molecule has 1 aliphatic rings. The molecule has 1 fully saturated rings. The number of H-pyrrole nitrogens is 1. The van der Waals surface area contributed by atoms with Crippen molar-refractivity contribution in [2.45, 2.75) is 31.0 Å². The molecule has 0 spiro atoms. The second kappa shape index (κ2) is 8.23. The smallest absolute Gasteiger partial charge is 0.394 e. The average molecular weight is 421 g/mol. The zero-order valence-corrected chi connectivity index (χ0v) is 15.3. The van der Waals surface area contributed by atoms with Crippen molar-refractivity contribution in [2.75, 3.05) is 25.6 Å². The minimum absolute atomic E-state index is 0.00152. The summed E-state index contributed by atoms with van der Waals surface area (Å²) < 4.78 is 28.7. The Balaban J connectivity index is 1.77. The lowest BCUT2D eigenvalue weighted by atomic mass is 10.2. The molecule has 156 valence electrons. The number of nitrogen functional groups attached to an aromatic ring is 1. The maximum absolute atomic E-state index is 12.0. The minimum Gasteiger partial charge on any atom is -0.394 e. The topological polar surface area (TPSA) is 215 Å². The number of anilines is 1. The van der Waals surface area contributed by atoms with Crippen molar-refractivity contribution < 1.29 is 38.6 Å². The summed E-state index contributed by atoms with van der Waals surface area (Å²) >= 11 is 0. The van der Waals surface area contributed by atoms with Gasteiger partial charge in [0.15, 0.2) is 11.2 Å². The highest BCUT2D eigenvalue weighted by atomic mass is 31.2. The second-order valence-electron chi connectivity index (χ2n) is 6.07. The maximum atomic E-state index is 12.0. The van der Waals surface area contributed by atoms with E-state index in [0.717, 1.165) is 0 Å². The van der Waals surface area contributed by atoms with E-state index < -0.39 is 57.7 Å². The Labute approximate surface area is 157 Å². The van der Waals surface area contributed by atoms with Crippen LogP contribution in [0, 0.1) is 0 Å². The largest absolute Gasteiger partial charge is 0.472 e. The predicted octanol–water partition coefficient (Wildman–Crippen LogP) is -2.16. The van der Waals surface area contributed by atoms with Gasteiger partial charge in [-0.1, -0.05) is 0 Å². The number of phosphoric ester groups is 1. The number of aliphatic hydroxyl groups excluding tert-OH is 3. The summed E-state index contributed by atoms with van der Waals surface area (Å²) in [7, 11) is -4.60. The molecule has 0 aliphatic carbocycles. The monoisotopic (exact) mass is 421 g/mol. The lowest BCUT2D eigenvalue weighted by Gasteiger charge is -2.20. The van der Waals surface area contributed by atoms with Crippen molar-refractivity contribution >= 4 is 24.9 Å². The van der Waals surface area contributed by atoms with Crippen LogP contribution < -0.4 is 11.3 Å². The number of fused-ring (bicyclic) bond motifs is 1. The van der Waals surface area contributed by atoms with E-state index in [2.05, 4.69) is 19.5 Å². The van der Waals surface area contributed by atoms with Gasteiger partial charge in [0.1, 0.15) is 24.5 Å². The molecule has 15 heteroatoms. The summed E-state index contributed by atoms with van der Waals surface area (Å²) in [6.07, 6.45) is -2.90. The van der Waals surface area contributed by atoms with Gasteiger partial charge in [-0.15, -0.1) is 0 Å². The highest BCUT2D eigenvalue weighted by Crippen LogP contribution is 2.48. The van der Waals surface area contributed by atoms with Gasteiger partial charge in [0, 0.05) is 6.42 Å². The first-order valence-electron chi connectivity index (χ1n) is 8.17. The van der Waals surface area contributed by atoms with Crippen LogP contribution in [0.4, 0.5) is 5.95 Å². The fourth-order valence-corrected chi connectivity index (χ4v) is 3.72. The van der Waals surface area contributed by atoms with Gasteiger partial charge in [-0.3, -0.25) is 23.4 Å². The van der Waals surface area contributed by atoms with E-state index in [1.807, 2.05) is 0 Å². The Morgan fingerprint density at radius 1 is 1.50 bits per heavy atom. The molecule has 2 aromatic rings. The molecule has 0 aromatic carbocycles. The summed E-state index contributed by atoms with van der Waals surface area (Å²) in [6.45, 7) is -1.80. The molecule has 7 N–H and O–H groups in total. The number of nitrogens with one attached hydrogen (secondary N) is 1. The molecule has 0 radical (unpaired) electrons. The first kappa shape index (κ1) is 20.8. The number of imidazole rings is 1. The molecule has 14 nitrogen and oxygen atoms in total. The fourth-order valence-electron chi connectivity index (χ4n) is 2.73. The van der Waals surface area contributed by atoms with Gasteiger partial charge in [0.05, 0.1) is 26.1 Å². The fraction of sp³-hybridized carbons (Fsp3) is 0.615. The van der Waals surface area contributed by atoms with Crippen LogP contribution in [0.5, 0.6) is 0 Å². The minimum atomic E-state index is -4.60. The van der Waals surface area contributed by atoms with Gasteiger partial charge < -0.3 is 30.7 Å². The molecule has 3 heterocycles. The predicted molar refractivity (Wildman–Crippen MR) is 91.9 cm³/mol. The van der Waals surface area contributed by atoms with Crippen LogP contribution in [0.3, 0.4) is 0 Å². The van der Waals surface area contributed by atoms with Crippen LogP contribution in [0.1, 0.15) is 12.6 Å². The van der Waals surface area contributed by atoms with Crippen molar-refractivity contribution in [3.05, 3.63) is 16.7 Å². The lowest BCUT2D eigenvalue weighted by molar-refractivity contribution is -0.0454. The zero-order chi connectivity index (χ0) is 20.5. The number of aliphatic hydroxyl groups is 3. The van der Waals surface area contributed by atoms with Gasteiger partial charge in [0.2, 0.25) is 5.95 Å². The molecule has 3 rings (SSSR count). The quantitative estimate of drug-likeness (QED) is 0.251. The number of ether oxygens (including phenoxy) is 1. The standard InChI is InChI=1S/C13H20N5O9P/c14-13-16-11-10(12(22)17-13)15-5-18(11)9-1-7(8(3-20)26-9)27-28(23,24)25-4-6(21)2-19/h5-9,19-21H,1-4H2,(H,23,24)(H3,14,16,17,22)/t6-,7+,8-,9-/m1/s1. The first-order valence-corrected chi connectivity index (χ1v) is 9.67. The number of rotatable bonds is 8. The first-order chi connectivity index (χ1) is 13.2. The van der Waals surface area contributed by atoms with Crippen molar-refractivity contribution in [2.24, 2.45) is 0 Å². The van der Waals surface area contributed by atoms with Crippen molar-refractivity contribution in [3.8, 4) is 0 Å². The Morgan fingerprint density at radius 2 is 2.25 bits per heavy atom. The number of hydrogen-bond acceptors (Lipinski definition) is 11. The molecule has 28 heavy (non-hydrogen) atoms. The molecule has 1 unspecified atom stereocenters. The Bertz CT molecular complexity index is 933. The summed E-state index contributed by atoms with van der Waals surface area (Å²) in [5.74, 6) is -0.126. The van der Waals surface area contributed by atoms with Gasteiger partial charge in [0.25, 0.3) is 5.56 Å². The van der Waals surface area contributed by atoms with E-state index in [9.17, 15) is 24.5 Å². The van der Waals surface area contributed by atoms with Crippen LogP contribution in [-0.4, -0.2) is 77.9 Å². The highest BCUT2D eigenvalue weighted by molar-refractivity contribution is 7.47. The van der Waals surface area contributed by atoms with Crippen LogP contribution in [0.25, 0.3) is 11.2 Å². The summed E-state index contributed by atoms with van der Waals surface area (Å²) in [6, 6.07) is 0. The molecule has 0 amide bonds. The van der Waals surface area contributed by atoms with Crippen molar-refractivity contribution in [1.82, 2.24) is 19.5 Å². The van der Waals surface area contributed by atoms with Gasteiger partial charge in [-0.2, -0.15) is 4.98 Å². The number of hydrogen-bond donors (Lipinski definition) is 6. The van der Waals surface area contributed by atoms with E-state index in [4.69, 9.17) is 20.1 Å². The van der Waals surface area contributed by atoms with E-state index in [1.165, 1.54) is 10.9 Å². The molecular weight excluding hydrogens is 401 g/mol. The van der Waals surface area contributed by atoms with Gasteiger partial charge >= 0.3 is 7.82 Å². The second-order valence-corrected chi connectivity index (χ2v) is 7.47. The third-order valence-corrected chi connectivity index (χ3v) is 5.04. The molecule has 1 aliphatic heterocycles. The number of phosphoric acid groups is 1. The third-order valence-electron chi connectivity index (χ3n) is 4.03. The van der Waals surface area contributed by atoms with Crippen LogP contribution >= 0.6 is 7.82 Å². The van der Waals surface area contributed by atoms with E-state index in [1.54, 1.807) is 0 Å². The summed E-state index contributed by atoms with van der Waals surface area (Å²) in [4.78, 5) is 31.9. The lowest BCUT2D eigenvalue weighted by Crippen LogP contribution is -2.28. The van der Waals surface area contributed by atoms with E-state index in [-0.39, 0.29) is 23.5 Å². The van der Waals surface area contributed by atoms with E-state index >= 15 is 0 Å². The number of aromatic nitrogens is 4. The van der Waals surface area contributed by atoms with Crippen LogP contribution in [0.2, 0.25) is 0 Å². The van der Waals surface area contributed by atoms with Gasteiger partial charge in [-0.25, -0.2) is 9.55 Å². The van der Waals surface area contributed by atoms with Gasteiger partial charge in [-0.05, 0) is 0 Å². The summed E-state index contributed by atoms with van der Waals surface area (Å²) in [5, 5.41) is 27.4. The molecule has 1 saturated heterocycles. The summed E-state index contributed by atoms with van der Waals surface area (Å²) in [5.41, 5.74) is 5.17. The normalized spacial score (nSPS) is 25.8. The Kier molecular flexibility index (Phi) is 6.12. The number of nitrogens with zero attached hydrogens (tertiary/aromatic N) is 3. The number of aromatic amines is 1. The molecular formula is C13H20N5O9P. The third kappa shape index (κ3) is 4.39. The highest BCUT2D eigenvalue weighted by Gasteiger charge is 2.42. The molecule has 0 bridgehead atoms. The Morgan fingerprint density at radius 3 is 2.93 bits per heavy atom. The Hall–Kier alpha value is -1.90. The molecule has 2 aromatic heterocycles. The maximum Gasteiger partial charge on any atom is 0.472 e. The molecule has 5 atom stereocenters. The zero-order valence-electron chi connectivity index (χ0n) is 14.4. The number of nitrogens with two attached hydrogens (primary N) is 1. The van der Waals surface area contributed by atoms with Crippen molar-refractivity contribution in [3.63, 3.8) is 0 Å².